The normalized spacial score (nSPS) is 8.38. The lowest BCUT2D eigenvalue weighted by atomic mass is 10.4. The largest absolute Gasteiger partial charge is 0.395 e. The number of amides is 3. The van der Waals surface area contributed by atoms with E-state index in [1.54, 1.807) is 20.1 Å². The van der Waals surface area contributed by atoms with E-state index in [1.165, 1.54) is 33.8 Å². The van der Waals surface area contributed by atoms with Gasteiger partial charge < -0.3 is 25.8 Å². The van der Waals surface area contributed by atoms with Crippen LogP contribution in [0.3, 0.4) is 0 Å². The summed E-state index contributed by atoms with van der Waals surface area (Å²) in [4.78, 5) is 40.3. The average molecular weight is 530 g/mol. The van der Waals surface area contributed by atoms with Gasteiger partial charge in [-0.25, -0.2) is 0 Å². The maximum Gasteiger partial charge on any atom is 0.217 e. The molecule has 218 valence electrons. The molecule has 0 aliphatic carbocycles. The highest BCUT2D eigenvalue weighted by Gasteiger charge is 1.84. The number of carbonyl (C=O) groups excluding carboxylic acids is 4. The van der Waals surface area contributed by atoms with E-state index in [1.807, 2.05) is 45.1 Å². The molecule has 0 aliphatic heterocycles. The van der Waals surface area contributed by atoms with Crippen molar-refractivity contribution in [2.24, 2.45) is 0 Å². The number of methoxy groups -OCH3 is 1. The van der Waals surface area contributed by atoms with E-state index in [0.29, 0.717) is 19.6 Å². The monoisotopic (exact) mass is 529 g/mol. The van der Waals surface area contributed by atoms with Crippen molar-refractivity contribution < 1.29 is 29.0 Å². The summed E-state index contributed by atoms with van der Waals surface area (Å²) in [5.41, 5.74) is 0. The fourth-order valence-electron chi connectivity index (χ4n) is 1.24. The van der Waals surface area contributed by atoms with Gasteiger partial charge in [-0.1, -0.05) is 51.2 Å². The van der Waals surface area contributed by atoms with Crippen LogP contribution in [-0.2, 0) is 23.9 Å². The molecule has 9 heteroatoms. The molecular weight excluding hydrogens is 474 g/mol. The van der Waals surface area contributed by atoms with E-state index in [0.717, 1.165) is 6.61 Å². The first-order valence-corrected chi connectivity index (χ1v) is 11.1. The minimum Gasteiger partial charge on any atom is -0.395 e. The molecule has 0 spiro atoms. The van der Waals surface area contributed by atoms with Crippen molar-refractivity contribution in [3.05, 3.63) is 36.5 Å². The Labute approximate surface area is 227 Å². The SMILES string of the molecule is C.C.CC#CCNC(C)=O.CC(=O)NCCO.CC=CC(C)=O.CC=CCNC(C)=O.CC=CCOC. The van der Waals surface area contributed by atoms with Crippen LogP contribution >= 0.6 is 0 Å². The van der Waals surface area contributed by atoms with Crippen LogP contribution < -0.4 is 16.0 Å². The second-order valence-electron chi connectivity index (χ2n) is 6.18. The molecule has 0 aromatic heterocycles. The molecule has 0 aromatic carbocycles. The molecule has 3 amide bonds. The molecule has 0 saturated carbocycles. The van der Waals surface area contributed by atoms with Gasteiger partial charge in [-0.2, -0.15) is 0 Å². The van der Waals surface area contributed by atoms with Crippen molar-refractivity contribution in [1.82, 2.24) is 16.0 Å². The Morgan fingerprint density at radius 3 is 1.51 bits per heavy atom. The van der Waals surface area contributed by atoms with E-state index in [9.17, 15) is 19.2 Å². The van der Waals surface area contributed by atoms with Gasteiger partial charge in [0.15, 0.2) is 5.78 Å². The van der Waals surface area contributed by atoms with Crippen LogP contribution in [0.25, 0.3) is 0 Å². The van der Waals surface area contributed by atoms with E-state index in [2.05, 4.69) is 27.8 Å². The lowest BCUT2D eigenvalue weighted by Gasteiger charge is -1.93. The molecule has 0 aliphatic rings. The number of carbonyl (C=O) groups is 4. The van der Waals surface area contributed by atoms with Crippen LogP contribution in [-0.4, -0.2) is 68.6 Å². The topological polar surface area (TPSA) is 134 Å². The molecule has 0 unspecified atom stereocenters. The summed E-state index contributed by atoms with van der Waals surface area (Å²) in [7, 11) is 1.68. The van der Waals surface area contributed by atoms with Crippen molar-refractivity contribution in [2.45, 2.75) is 70.2 Å². The van der Waals surface area contributed by atoms with Crippen molar-refractivity contribution >= 4 is 23.5 Å². The summed E-state index contributed by atoms with van der Waals surface area (Å²) in [6.07, 6.45) is 11.0. The number of nitrogens with one attached hydrogen (secondary N) is 3. The fraction of sp³-hybridized carbons (Fsp3) is 0.571. The van der Waals surface area contributed by atoms with Gasteiger partial charge >= 0.3 is 0 Å². The van der Waals surface area contributed by atoms with Gasteiger partial charge in [-0.05, 0) is 40.7 Å². The summed E-state index contributed by atoms with van der Waals surface area (Å²) >= 11 is 0. The van der Waals surface area contributed by atoms with E-state index in [-0.39, 0.29) is 45.0 Å². The van der Waals surface area contributed by atoms with Gasteiger partial charge in [0.2, 0.25) is 17.7 Å². The quantitative estimate of drug-likeness (QED) is 0.216. The van der Waals surface area contributed by atoms with Crippen LogP contribution in [0.1, 0.15) is 70.2 Å². The highest BCUT2D eigenvalue weighted by Crippen LogP contribution is 1.69. The maximum absolute atomic E-state index is 10.2. The van der Waals surface area contributed by atoms with Gasteiger partial charge in [0.25, 0.3) is 0 Å². The molecule has 0 fully saturated rings. The standard InChI is InChI=1S/C6H11NO.C6H9NO.C5H10O.C5H8O.C4H9NO2.2CH4/c2*1-3-4-5-7-6(2)8;1-3-4-5-6-2;1-3-4-5(2)6;1-4(7)5-2-3-6;;/h3-4H,5H2,1-2H3,(H,7,8);5H2,1-2H3,(H,7,8);3-4H,5H2,1-2H3;3-4H,1-2H3;6H,2-3H2,1H3,(H,5,7);2*1H4. The molecule has 37 heavy (non-hydrogen) atoms. The van der Waals surface area contributed by atoms with Crippen LogP contribution in [0.2, 0.25) is 0 Å². The summed E-state index contributed by atoms with van der Waals surface area (Å²) in [6, 6.07) is 0. The molecule has 0 bridgehead atoms. The predicted octanol–water partition coefficient (Wildman–Crippen LogP) is 3.59. The Balaban J connectivity index is -0.0000000603. The molecule has 4 N–H and O–H groups in total. The Hall–Kier alpha value is -3.22. The van der Waals surface area contributed by atoms with Crippen molar-refractivity contribution in [2.75, 3.05) is 40.0 Å². The highest BCUT2D eigenvalue weighted by molar-refractivity contribution is 5.87. The maximum atomic E-state index is 10.2. The minimum absolute atomic E-state index is 0. The third kappa shape index (κ3) is 110. The Morgan fingerprint density at radius 2 is 1.30 bits per heavy atom. The van der Waals surface area contributed by atoms with Gasteiger partial charge in [0.05, 0.1) is 19.8 Å². The van der Waals surface area contributed by atoms with Gasteiger partial charge in [-0.3, -0.25) is 19.2 Å². The Kier molecular flexibility index (Phi) is 68.1. The zero-order valence-electron chi connectivity index (χ0n) is 23.0. The van der Waals surface area contributed by atoms with E-state index in [4.69, 9.17) is 9.84 Å². The van der Waals surface area contributed by atoms with Crippen molar-refractivity contribution in [3.63, 3.8) is 0 Å². The van der Waals surface area contributed by atoms with Crippen LogP contribution in [0.4, 0.5) is 0 Å². The lowest BCUT2D eigenvalue weighted by molar-refractivity contribution is -0.119. The Morgan fingerprint density at radius 1 is 0.811 bits per heavy atom. The predicted molar refractivity (Wildman–Crippen MR) is 157 cm³/mol. The van der Waals surface area contributed by atoms with E-state index >= 15 is 0 Å². The molecule has 9 nitrogen and oxygen atoms in total. The molecule has 0 saturated heterocycles. The molecular formula is C28H55N3O6. The smallest absolute Gasteiger partial charge is 0.217 e. The van der Waals surface area contributed by atoms with E-state index < -0.39 is 0 Å². The third-order valence-electron chi connectivity index (χ3n) is 2.69. The minimum atomic E-state index is -0.103. The number of allylic oxidation sites excluding steroid dienone is 4. The number of aliphatic hydroxyl groups excluding tert-OH is 1. The fourth-order valence-corrected chi connectivity index (χ4v) is 1.24. The zero-order chi connectivity index (χ0) is 28.3. The van der Waals surface area contributed by atoms with Crippen molar-refractivity contribution in [3.8, 4) is 11.8 Å². The second kappa shape index (κ2) is 49.8. The number of hydrogen-bond acceptors (Lipinski definition) is 6. The number of aliphatic hydroxyl groups is 1. The third-order valence-corrected chi connectivity index (χ3v) is 2.69. The average Bonchev–Trinajstić information content (AvgIpc) is 2.78. The Bertz CT molecular complexity index is 661. The van der Waals surface area contributed by atoms with Crippen LogP contribution in [0, 0.1) is 11.8 Å². The van der Waals surface area contributed by atoms with Crippen molar-refractivity contribution in [1.29, 1.82) is 0 Å². The van der Waals surface area contributed by atoms with Gasteiger partial charge in [0, 0.05) is 41.0 Å². The number of rotatable bonds is 8. The number of ketones is 1. The van der Waals surface area contributed by atoms with Gasteiger partial charge in [0.1, 0.15) is 0 Å². The summed E-state index contributed by atoms with van der Waals surface area (Å²) in [6.45, 7) is 15.6. The molecule has 0 radical (unpaired) electrons. The number of ether oxygens (including phenoxy) is 1. The summed E-state index contributed by atoms with van der Waals surface area (Å²) < 4.78 is 4.70. The lowest BCUT2D eigenvalue weighted by Crippen LogP contribution is -2.22. The molecule has 0 atom stereocenters. The highest BCUT2D eigenvalue weighted by atomic mass is 16.5. The second-order valence-corrected chi connectivity index (χ2v) is 6.18. The van der Waals surface area contributed by atoms with Gasteiger partial charge in [-0.15, -0.1) is 5.92 Å². The molecule has 0 rings (SSSR count). The first-order chi connectivity index (χ1) is 16.5. The summed E-state index contributed by atoms with van der Waals surface area (Å²) in [5, 5.41) is 15.7. The first kappa shape index (κ1) is 50.6. The summed E-state index contributed by atoms with van der Waals surface area (Å²) in [5.74, 6) is 5.34. The van der Waals surface area contributed by atoms with Crippen LogP contribution in [0.15, 0.2) is 36.5 Å². The first-order valence-electron chi connectivity index (χ1n) is 11.1. The van der Waals surface area contributed by atoms with Crippen LogP contribution in [0.5, 0.6) is 0 Å². The molecule has 0 aromatic rings. The number of hydrogen-bond donors (Lipinski definition) is 4. The zero-order valence-corrected chi connectivity index (χ0v) is 23.0. The molecule has 0 heterocycles.